The van der Waals surface area contributed by atoms with E-state index in [1.54, 1.807) is 35.6 Å². The van der Waals surface area contributed by atoms with Gasteiger partial charge in [0.15, 0.2) is 0 Å². The molecule has 0 bridgehead atoms. The quantitative estimate of drug-likeness (QED) is 0.868. The van der Waals surface area contributed by atoms with Gasteiger partial charge in [-0.05, 0) is 24.3 Å². The van der Waals surface area contributed by atoms with E-state index in [-0.39, 0.29) is 5.41 Å². The number of amides is 1. The minimum Gasteiger partial charge on any atom is -0.366 e. The van der Waals surface area contributed by atoms with Crippen LogP contribution >= 0.6 is 22.9 Å². The van der Waals surface area contributed by atoms with E-state index in [1.165, 1.54) is 5.69 Å². The second kappa shape index (κ2) is 6.68. The van der Waals surface area contributed by atoms with E-state index in [9.17, 15) is 4.79 Å². The molecule has 102 valence electrons. The lowest BCUT2D eigenvalue weighted by molar-refractivity contribution is 0.100. The van der Waals surface area contributed by atoms with Crippen molar-refractivity contribution in [3.63, 3.8) is 0 Å². The van der Waals surface area contributed by atoms with Crippen molar-refractivity contribution < 1.29 is 4.79 Å². The summed E-state index contributed by atoms with van der Waals surface area (Å²) in [6, 6.07) is 6.43. The molecule has 0 atom stereocenters. The summed E-state index contributed by atoms with van der Waals surface area (Å²) < 4.78 is 0. The van der Waals surface area contributed by atoms with E-state index >= 15 is 0 Å². The van der Waals surface area contributed by atoms with Crippen molar-refractivity contribution in [2.75, 3.05) is 0 Å². The highest BCUT2D eigenvalue weighted by Gasteiger charge is 2.14. The summed E-state index contributed by atoms with van der Waals surface area (Å²) in [6.45, 7) is 6.51. The summed E-state index contributed by atoms with van der Waals surface area (Å²) in [7, 11) is 0. The van der Waals surface area contributed by atoms with Crippen LogP contribution in [0.2, 0.25) is 5.02 Å². The number of thiazole rings is 1. The second-order valence-corrected chi connectivity index (χ2v) is 6.15. The van der Waals surface area contributed by atoms with Gasteiger partial charge in [-0.1, -0.05) is 32.4 Å². The number of carbonyl (C=O) groups excluding carboxylic acids is 1. The number of nitrogens with zero attached hydrogens (tertiary/aromatic N) is 1. The van der Waals surface area contributed by atoms with Crippen molar-refractivity contribution in [1.82, 2.24) is 4.98 Å². The van der Waals surface area contributed by atoms with Crippen molar-refractivity contribution in [3.8, 4) is 0 Å². The fourth-order valence-electron chi connectivity index (χ4n) is 1.20. The zero-order chi connectivity index (χ0) is 14.5. The van der Waals surface area contributed by atoms with Crippen molar-refractivity contribution in [2.45, 2.75) is 26.2 Å². The molecular weight excluding hydrogens is 280 g/mol. The number of aromatic nitrogens is 1. The van der Waals surface area contributed by atoms with Gasteiger partial charge in [-0.2, -0.15) is 0 Å². The van der Waals surface area contributed by atoms with Crippen LogP contribution < -0.4 is 5.73 Å². The fraction of sp³-hybridized carbons (Fsp3) is 0.286. The van der Waals surface area contributed by atoms with Gasteiger partial charge in [0.25, 0.3) is 0 Å². The lowest BCUT2D eigenvalue weighted by Crippen LogP contribution is -2.10. The first-order valence-corrected chi connectivity index (χ1v) is 7.07. The third-order valence-electron chi connectivity index (χ3n) is 2.33. The number of primary amides is 1. The Labute approximate surface area is 122 Å². The molecule has 1 amide bonds. The van der Waals surface area contributed by atoms with Crippen molar-refractivity contribution in [3.05, 3.63) is 51.4 Å². The fourth-order valence-corrected chi connectivity index (χ4v) is 2.10. The topological polar surface area (TPSA) is 56.0 Å². The molecule has 0 aliphatic rings. The molecule has 0 fully saturated rings. The molecule has 0 saturated carbocycles. The van der Waals surface area contributed by atoms with Crippen LogP contribution in [0.3, 0.4) is 0 Å². The van der Waals surface area contributed by atoms with Crippen LogP contribution in [0.15, 0.2) is 35.2 Å². The number of benzene rings is 1. The Morgan fingerprint density at radius 3 is 2.16 bits per heavy atom. The van der Waals surface area contributed by atoms with Crippen LogP contribution in [-0.2, 0) is 5.41 Å². The Balaban J connectivity index is 0.000000191. The predicted molar refractivity (Wildman–Crippen MR) is 80.8 cm³/mol. The first kappa shape index (κ1) is 15.7. The largest absolute Gasteiger partial charge is 0.366 e. The van der Waals surface area contributed by atoms with E-state index in [0.29, 0.717) is 10.6 Å². The maximum atomic E-state index is 10.5. The molecule has 0 saturated heterocycles. The maximum absolute atomic E-state index is 10.5. The van der Waals surface area contributed by atoms with Gasteiger partial charge in [0.2, 0.25) is 5.91 Å². The number of hydrogen-bond donors (Lipinski definition) is 1. The van der Waals surface area contributed by atoms with E-state index < -0.39 is 5.91 Å². The maximum Gasteiger partial charge on any atom is 0.248 e. The number of rotatable bonds is 1. The van der Waals surface area contributed by atoms with E-state index in [4.69, 9.17) is 17.3 Å². The summed E-state index contributed by atoms with van der Waals surface area (Å²) in [4.78, 5) is 14.7. The highest BCUT2D eigenvalue weighted by molar-refractivity contribution is 7.07. The molecule has 1 aromatic carbocycles. The van der Waals surface area contributed by atoms with Crippen LogP contribution in [0.5, 0.6) is 0 Å². The molecule has 2 aromatic rings. The third-order valence-corrected chi connectivity index (χ3v) is 3.17. The molecule has 2 rings (SSSR count). The van der Waals surface area contributed by atoms with Gasteiger partial charge in [0.05, 0.1) is 11.2 Å². The monoisotopic (exact) mass is 296 g/mol. The number of halogens is 1. The second-order valence-electron chi connectivity index (χ2n) is 4.99. The smallest absolute Gasteiger partial charge is 0.248 e. The van der Waals surface area contributed by atoms with Crippen LogP contribution in [0.1, 0.15) is 36.8 Å². The Hall–Kier alpha value is -1.39. The summed E-state index contributed by atoms with van der Waals surface area (Å²) in [5, 5.41) is 2.70. The van der Waals surface area contributed by atoms with Gasteiger partial charge in [-0.25, -0.2) is 4.98 Å². The summed E-state index contributed by atoms with van der Waals surface area (Å²) in [5.74, 6) is -0.434. The summed E-state index contributed by atoms with van der Waals surface area (Å²) >= 11 is 7.22. The Morgan fingerprint density at radius 1 is 1.26 bits per heavy atom. The molecule has 2 N–H and O–H groups in total. The molecule has 19 heavy (non-hydrogen) atoms. The first-order chi connectivity index (χ1) is 8.80. The van der Waals surface area contributed by atoms with Gasteiger partial charge in [-0.15, -0.1) is 11.3 Å². The molecule has 3 nitrogen and oxygen atoms in total. The van der Waals surface area contributed by atoms with Crippen molar-refractivity contribution >= 4 is 28.8 Å². The normalized spacial score (nSPS) is 10.5. The number of hydrogen-bond acceptors (Lipinski definition) is 3. The predicted octanol–water partition coefficient (Wildman–Crippen LogP) is 3.88. The SMILES string of the molecule is CC(C)(C)c1cscn1.NC(=O)c1ccc(Cl)cc1. The molecular formula is C14H17ClN2OS. The number of carbonyl (C=O) groups is 1. The molecule has 0 aliphatic heterocycles. The molecule has 0 aliphatic carbocycles. The highest BCUT2D eigenvalue weighted by atomic mass is 35.5. The molecule has 0 unspecified atom stereocenters. The lowest BCUT2D eigenvalue weighted by Gasteiger charge is -2.13. The van der Waals surface area contributed by atoms with Gasteiger partial charge in [0.1, 0.15) is 0 Å². The van der Waals surface area contributed by atoms with Crippen molar-refractivity contribution in [1.29, 1.82) is 0 Å². The Kier molecular flexibility index (Phi) is 5.51. The van der Waals surface area contributed by atoms with Gasteiger partial charge in [-0.3, -0.25) is 4.79 Å². The zero-order valence-electron chi connectivity index (χ0n) is 11.2. The van der Waals surface area contributed by atoms with E-state index in [2.05, 4.69) is 31.1 Å². The van der Waals surface area contributed by atoms with Gasteiger partial charge in [0, 0.05) is 21.4 Å². The van der Waals surface area contributed by atoms with Crippen molar-refractivity contribution in [2.24, 2.45) is 5.73 Å². The van der Waals surface area contributed by atoms with Crippen LogP contribution in [-0.4, -0.2) is 10.9 Å². The molecule has 0 spiro atoms. The number of nitrogens with two attached hydrogens (primary N) is 1. The lowest BCUT2D eigenvalue weighted by atomic mass is 9.93. The van der Waals surface area contributed by atoms with Crippen LogP contribution in [0.25, 0.3) is 0 Å². The van der Waals surface area contributed by atoms with Crippen LogP contribution in [0, 0.1) is 0 Å². The zero-order valence-corrected chi connectivity index (χ0v) is 12.8. The minimum atomic E-state index is -0.434. The third kappa shape index (κ3) is 5.41. The molecule has 1 heterocycles. The molecule has 5 heteroatoms. The van der Waals surface area contributed by atoms with E-state index in [1.807, 2.05) is 5.51 Å². The summed E-state index contributed by atoms with van der Waals surface area (Å²) in [5.41, 5.74) is 8.74. The highest BCUT2D eigenvalue weighted by Crippen LogP contribution is 2.20. The Bertz CT molecular complexity index is 515. The molecule has 1 aromatic heterocycles. The minimum absolute atomic E-state index is 0.222. The van der Waals surface area contributed by atoms with E-state index in [0.717, 1.165) is 0 Å². The summed E-state index contributed by atoms with van der Waals surface area (Å²) in [6.07, 6.45) is 0. The molecule has 0 radical (unpaired) electrons. The van der Waals surface area contributed by atoms with Crippen LogP contribution in [0.4, 0.5) is 0 Å². The Morgan fingerprint density at radius 2 is 1.84 bits per heavy atom. The van der Waals surface area contributed by atoms with Gasteiger partial charge < -0.3 is 5.73 Å². The van der Waals surface area contributed by atoms with Gasteiger partial charge >= 0.3 is 0 Å². The average molecular weight is 297 g/mol. The first-order valence-electron chi connectivity index (χ1n) is 5.75. The standard InChI is InChI=1S/C7H6ClNO.C7H11NS/c8-6-3-1-5(2-4-6)7(9)10;1-7(2,3)6-4-9-5-8-6/h1-4H,(H2,9,10);4-5H,1-3H3. The average Bonchev–Trinajstić information content (AvgIpc) is 2.83.